The highest BCUT2D eigenvalue weighted by atomic mass is 16.3. The fraction of sp³-hybridized carbons (Fsp3) is 0.250. The van der Waals surface area contributed by atoms with Crippen molar-refractivity contribution in [1.82, 2.24) is 19.1 Å². The molecule has 2 aromatic heterocycles. The van der Waals surface area contributed by atoms with E-state index in [4.69, 9.17) is 0 Å². The maximum absolute atomic E-state index is 9.51. The van der Waals surface area contributed by atoms with E-state index >= 15 is 0 Å². The summed E-state index contributed by atoms with van der Waals surface area (Å²) in [7, 11) is 1.90. The largest absolute Gasteiger partial charge is 0.394 e. The summed E-state index contributed by atoms with van der Waals surface area (Å²) in [6, 6.07) is 9.36. The molecule has 0 atom stereocenters. The van der Waals surface area contributed by atoms with Crippen LogP contribution in [0.2, 0.25) is 0 Å². The zero-order valence-corrected chi connectivity index (χ0v) is 12.3. The molecule has 0 unspecified atom stereocenters. The van der Waals surface area contributed by atoms with Crippen molar-refractivity contribution in [3.63, 3.8) is 0 Å². The third-order valence-electron chi connectivity index (χ3n) is 3.69. The summed E-state index contributed by atoms with van der Waals surface area (Å²) >= 11 is 0. The van der Waals surface area contributed by atoms with E-state index in [1.165, 1.54) is 0 Å². The summed E-state index contributed by atoms with van der Waals surface area (Å²) in [5.41, 5.74) is 2.53. The molecule has 0 radical (unpaired) electrons. The first kappa shape index (κ1) is 14.5. The van der Waals surface area contributed by atoms with E-state index in [-0.39, 0.29) is 13.2 Å². The SMILES string of the molecule is Cn1ccnc1-c1c(-c2ccccc2)ncn1C(CO)CO. The highest BCUT2D eigenvalue weighted by Gasteiger charge is 2.22. The van der Waals surface area contributed by atoms with Gasteiger partial charge in [0.15, 0.2) is 5.82 Å². The Morgan fingerprint density at radius 2 is 1.82 bits per heavy atom. The molecule has 6 nitrogen and oxygen atoms in total. The maximum atomic E-state index is 9.51. The normalized spacial score (nSPS) is 11.3. The second-order valence-corrected chi connectivity index (χ2v) is 5.10. The third-order valence-corrected chi connectivity index (χ3v) is 3.69. The van der Waals surface area contributed by atoms with Gasteiger partial charge in [-0.25, -0.2) is 9.97 Å². The molecule has 0 bridgehead atoms. The van der Waals surface area contributed by atoms with E-state index in [1.54, 1.807) is 17.1 Å². The molecule has 0 aliphatic carbocycles. The summed E-state index contributed by atoms with van der Waals surface area (Å²) < 4.78 is 3.68. The van der Waals surface area contributed by atoms with Gasteiger partial charge in [0.1, 0.15) is 5.69 Å². The van der Waals surface area contributed by atoms with E-state index in [0.717, 1.165) is 22.8 Å². The van der Waals surface area contributed by atoms with Crippen LogP contribution in [0, 0.1) is 0 Å². The van der Waals surface area contributed by atoms with Crippen molar-refractivity contribution >= 4 is 0 Å². The minimum atomic E-state index is -0.448. The second kappa shape index (κ2) is 6.13. The van der Waals surface area contributed by atoms with Crippen molar-refractivity contribution in [2.45, 2.75) is 6.04 Å². The molecule has 0 aliphatic heterocycles. The summed E-state index contributed by atoms with van der Waals surface area (Å²) in [4.78, 5) is 8.88. The van der Waals surface area contributed by atoms with Crippen LogP contribution < -0.4 is 0 Å². The Kier molecular flexibility index (Phi) is 4.04. The lowest BCUT2D eigenvalue weighted by atomic mass is 10.1. The van der Waals surface area contributed by atoms with Crippen molar-refractivity contribution in [3.05, 3.63) is 49.1 Å². The van der Waals surface area contributed by atoms with E-state index in [0.29, 0.717) is 0 Å². The molecular weight excluding hydrogens is 280 g/mol. The lowest BCUT2D eigenvalue weighted by Crippen LogP contribution is -2.18. The van der Waals surface area contributed by atoms with Gasteiger partial charge in [-0.1, -0.05) is 30.3 Å². The summed E-state index contributed by atoms with van der Waals surface area (Å²) in [6.45, 7) is -0.336. The minimum absolute atomic E-state index is 0.168. The number of imidazole rings is 2. The molecule has 114 valence electrons. The van der Waals surface area contributed by atoms with Crippen molar-refractivity contribution in [3.8, 4) is 22.8 Å². The highest BCUT2D eigenvalue weighted by Crippen LogP contribution is 2.31. The van der Waals surface area contributed by atoms with Gasteiger partial charge in [0.2, 0.25) is 0 Å². The van der Waals surface area contributed by atoms with Gasteiger partial charge >= 0.3 is 0 Å². The van der Waals surface area contributed by atoms with Gasteiger partial charge in [-0.2, -0.15) is 0 Å². The van der Waals surface area contributed by atoms with Crippen molar-refractivity contribution in [1.29, 1.82) is 0 Å². The second-order valence-electron chi connectivity index (χ2n) is 5.10. The summed E-state index contributed by atoms with van der Waals surface area (Å²) in [5.74, 6) is 0.739. The first-order valence-electron chi connectivity index (χ1n) is 7.08. The van der Waals surface area contributed by atoms with E-state index in [1.807, 2.05) is 48.1 Å². The Morgan fingerprint density at radius 1 is 1.09 bits per heavy atom. The third kappa shape index (κ3) is 2.43. The molecule has 0 fully saturated rings. The van der Waals surface area contributed by atoms with Crippen LogP contribution in [0.25, 0.3) is 22.8 Å². The molecule has 2 heterocycles. The van der Waals surface area contributed by atoms with Crippen molar-refractivity contribution in [2.75, 3.05) is 13.2 Å². The van der Waals surface area contributed by atoms with Gasteiger partial charge in [0, 0.05) is 25.0 Å². The molecule has 1 aromatic carbocycles. The van der Waals surface area contributed by atoms with E-state index in [9.17, 15) is 10.2 Å². The number of hydrogen-bond donors (Lipinski definition) is 2. The number of aryl methyl sites for hydroxylation is 1. The average Bonchev–Trinajstić information content (AvgIpc) is 3.15. The number of hydrogen-bond acceptors (Lipinski definition) is 4. The van der Waals surface area contributed by atoms with Crippen LogP contribution in [0.15, 0.2) is 49.1 Å². The van der Waals surface area contributed by atoms with Gasteiger partial charge < -0.3 is 19.3 Å². The molecule has 2 N–H and O–H groups in total. The monoisotopic (exact) mass is 298 g/mol. The number of aliphatic hydroxyl groups is 2. The Morgan fingerprint density at radius 3 is 2.41 bits per heavy atom. The molecule has 22 heavy (non-hydrogen) atoms. The Labute approximate surface area is 128 Å². The van der Waals surface area contributed by atoms with Crippen LogP contribution in [0.1, 0.15) is 6.04 Å². The molecule has 3 rings (SSSR count). The first-order valence-corrected chi connectivity index (χ1v) is 7.08. The molecule has 6 heteroatoms. The van der Waals surface area contributed by atoms with Crippen LogP contribution in [-0.2, 0) is 7.05 Å². The molecule has 0 saturated carbocycles. The van der Waals surface area contributed by atoms with Gasteiger partial charge in [0.05, 0.1) is 31.3 Å². The summed E-state index contributed by atoms with van der Waals surface area (Å²) in [5, 5.41) is 19.0. The van der Waals surface area contributed by atoms with Crippen LogP contribution in [0.3, 0.4) is 0 Å². The fourth-order valence-corrected chi connectivity index (χ4v) is 2.49. The number of rotatable bonds is 5. The lowest BCUT2D eigenvalue weighted by molar-refractivity contribution is 0.155. The molecule has 0 amide bonds. The molecule has 0 saturated heterocycles. The molecule has 0 aliphatic rings. The minimum Gasteiger partial charge on any atom is -0.394 e. The van der Waals surface area contributed by atoms with Crippen LogP contribution in [-0.4, -0.2) is 42.5 Å². The number of aliphatic hydroxyl groups excluding tert-OH is 2. The van der Waals surface area contributed by atoms with E-state index < -0.39 is 6.04 Å². The topological polar surface area (TPSA) is 76.1 Å². The fourth-order valence-electron chi connectivity index (χ4n) is 2.49. The average molecular weight is 298 g/mol. The van der Waals surface area contributed by atoms with Crippen molar-refractivity contribution < 1.29 is 10.2 Å². The highest BCUT2D eigenvalue weighted by molar-refractivity contribution is 5.75. The maximum Gasteiger partial charge on any atom is 0.158 e. The van der Waals surface area contributed by atoms with Gasteiger partial charge in [-0.05, 0) is 0 Å². The Hall–Kier alpha value is -2.44. The van der Waals surface area contributed by atoms with E-state index in [2.05, 4.69) is 9.97 Å². The Bertz CT molecular complexity index is 745. The van der Waals surface area contributed by atoms with Crippen LogP contribution >= 0.6 is 0 Å². The molecule has 3 aromatic rings. The quantitative estimate of drug-likeness (QED) is 0.748. The summed E-state index contributed by atoms with van der Waals surface area (Å²) in [6.07, 6.45) is 5.21. The van der Waals surface area contributed by atoms with Gasteiger partial charge in [-0.3, -0.25) is 0 Å². The predicted molar refractivity (Wildman–Crippen MR) is 83.1 cm³/mol. The van der Waals surface area contributed by atoms with Crippen LogP contribution in [0.5, 0.6) is 0 Å². The van der Waals surface area contributed by atoms with Crippen molar-refractivity contribution in [2.24, 2.45) is 7.05 Å². The zero-order valence-electron chi connectivity index (χ0n) is 12.3. The molecule has 0 spiro atoms. The Balaban J connectivity index is 2.22. The standard InChI is InChI=1S/C16H18N4O2/c1-19-8-7-17-16(19)15-14(12-5-3-2-4-6-12)18-11-20(15)13(9-21)10-22/h2-8,11,13,21-22H,9-10H2,1H3. The first-order chi connectivity index (χ1) is 10.8. The number of nitrogens with zero attached hydrogens (tertiary/aromatic N) is 4. The predicted octanol–water partition coefficient (Wildman–Crippen LogP) is 1.48. The zero-order chi connectivity index (χ0) is 15.5. The number of aromatic nitrogens is 4. The van der Waals surface area contributed by atoms with Gasteiger partial charge in [0.25, 0.3) is 0 Å². The van der Waals surface area contributed by atoms with Gasteiger partial charge in [-0.15, -0.1) is 0 Å². The van der Waals surface area contributed by atoms with Crippen LogP contribution in [0.4, 0.5) is 0 Å². The lowest BCUT2D eigenvalue weighted by Gasteiger charge is -2.17. The smallest absolute Gasteiger partial charge is 0.158 e. The molecular formula is C16H18N4O2. The number of benzene rings is 1.